The number of carbonyl (C=O) groups is 1. The Morgan fingerprint density at radius 2 is 1.97 bits per heavy atom. The minimum atomic E-state index is -4.68. The molecule has 4 rings (SSSR count). The predicted octanol–water partition coefficient (Wildman–Crippen LogP) is 4.89. The molecule has 0 saturated heterocycles. The van der Waals surface area contributed by atoms with Gasteiger partial charge in [0.1, 0.15) is 11.9 Å². The molecular formula is C23H25F3N4O3S. The van der Waals surface area contributed by atoms with E-state index in [0.29, 0.717) is 33.8 Å². The highest BCUT2D eigenvalue weighted by atomic mass is 32.3. The van der Waals surface area contributed by atoms with Gasteiger partial charge in [-0.1, -0.05) is 29.8 Å². The summed E-state index contributed by atoms with van der Waals surface area (Å²) in [4.78, 5) is 19.4. The minimum Gasteiger partial charge on any atom is -0.351 e. The van der Waals surface area contributed by atoms with Crippen LogP contribution in [-0.4, -0.2) is 44.5 Å². The van der Waals surface area contributed by atoms with E-state index >= 15 is 0 Å². The number of fused-ring (bicyclic) bond motifs is 2. The second-order valence-electron chi connectivity index (χ2n) is 8.35. The van der Waals surface area contributed by atoms with Crippen molar-refractivity contribution in [2.24, 2.45) is 5.73 Å². The van der Waals surface area contributed by atoms with Gasteiger partial charge in [-0.05, 0) is 30.7 Å². The van der Waals surface area contributed by atoms with E-state index in [1.807, 2.05) is 30.0 Å². The Morgan fingerprint density at radius 3 is 2.71 bits per heavy atom. The molecule has 2 heterocycles. The maximum absolute atomic E-state index is 12.8. The van der Waals surface area contributed by atoms with Gasteiger partial charge in [0.25, 0.3) is 0 Å². The van der Waals surface area contributed by atoms with Crippen LogP contribution in [0.15, 0.2) is 53.4 Å². The van der Waals surface area contributed by atoms with Crippen molar-refractivity contribution in [3.63, 3.8) is 0 Å². The van der Waals surface area contributed by atoms with Crippen LogP contribution in [0, 0.1) is 6.92 Å². The van der Waals surface area contributed by atoms with Gasteiger partial charge in [-0.2, -0.15) is 23.8 Å². The molecule has 7 nitrogen and oxygen atoms in total. The fourth-order valence-corrected chi connectivity index (χ4v) is 5.43. The maximum Gasteiger partial charge on any atom is 0.404 e. The molecule has 1 unspecified atom stereocenters. The van der Waals surface area contributed by atoms with Gasteiger partial charge in [-0.15, -0.1) is 0 Å². The summed E-state index contributed by atoms with van der Waals surface area (Å²) in [6.45, 7) is 2.49. The van der Waals surface area contributed by atoms with Crippen molar-refractivity contribution in [2.75, 3.05) is 22.5 Å². The number of aryl methyl sites for hydroxylation is 1. The summed E-state index contributed by atoms with van der Waals surface area (Å²) in [6.07, 6.45) is -5.59. The first-order valence-corrected chi connectivity index (χ1v) is 12.3. The second-order valence-corrected chi connectivity index (χ2v) is 10.5. The Morgan fingerprint density at radius 1 is 1.24 bits per heavy atom. The van der Waals surface area contributed by atoms with E-state index in [2.05, 4.69) is 10.3 Å². The molecule has 1 aliphatic rings. The number of amides is 1. The van der Waals surface area contributed by atoms with Crippen LogP contribution in [-0.2, 0) is 11.3 Å². The number of hydrogen-bond acceptors (Lipinski definition) is 6. The number of carbonyl (C=O) groups excluding carboxylic acids is 1. The number of aromatic nitrogens is 1. The van der Waals surface area contributed by atoms with E-state index in [0.717, 1.165) is 11.1 Å². The first-order valence-electron chi connectivity index (χ1n) is 10.6. The van der Waals surface area contributed by atoms with Gasteiger partial charge >= 0.3 is 6.18 Å². The molecule has 3 aromatic rings. The molecule has 0 saturated carbocycles. The molecule has 0 aliphatic carbocycles. The number of halogens is 3. The summed E-state index contributed by atoms with van der Waals surface area (Å²) in [5.41, 5.74) is 7.62. The Labute approximate surface area is 196 Å². The third-order valence-corrected chi connectivity index (χ3v) is 7.56. The first kappa shape index (κ1) is 24.3. The molecule has 34 heavy (non-hydrogen) atoms. The van der Waals surface area contributed by atoms with Crippen LogP contribution in [0.3, 0.4) is 0 Å². The third-order valence-electron chi connectivity index (χ3n) is 5.71. The van der Waals surface area contributed by atoms with E-state index in [9.17, 15) is 27.1 Å². The predicted molar refractivity (Wildman–Crippen MR) is 127 cm³/mol. The molecule has 0 fully saturated rings. The molecule has 1 aliphatic heterocycles. The average molecular weight is 495 g/mol. The van der Waals surface area contributed by atoms with E-state index in [1.54, 1.807) is 30.3 Å². The van der Waals surface area contributed by atoms with Gasteiger partial charge in [0, 0.05) is 24.5 Å². The first-order chi connectivity index (χ1) is 15.9. The lowest BCUT2D eigenvalue weighted by Crippen LogP contribution is -2.40. The zero-order valence-electron chi connectivity index (χ0n) is 18.3. The smallest absolute Gasteiger partial charge is 0.351 e. The minimum absolute atomic E-state index is 0.0970. The fourth-order valence-electron chi connectivity index (χ4n) is 3.89. The third kappa shape index (κ3) is 5.12. The fraction of sp³-hybridized carbons (Fsp3) is 0.304. The quantitative estimate of drug-likeness (QED) is 0.411. The summed E-state index contributed by atoms with van der Waals surface area (Å²) in [5.74, 6) is -0.307. The van der Waals surface area contributed by atoms with Gasteiger partial charge in [-0.25, -0.2) is 4.98 Å². The number of benzene rings is 2. The number of rotatable bonds is 4. The summed E-state index contributed by atoms with van der Waals surface area (Å²) in [6, 6.07) is 11.8. The monoisotopic (exact) mass is 494 g/mol. The molecule has 0 bridgehead atoms. The summed E-state index contributed by atoms with van der Waals surface area (Å²) in [5, 5.41) is 3.15. The van der Waals surface area contributed by atoms with E-state index in [4.69, 9.17) is 5.73 Å². The summed E-state index contributed by atoms with van der Waals surface area (Å²) >= 11 is 0. The van der Waals surface area contributed by atoms with Crippen molar-refractivity contribution in [1.29, 1.82) is 0 Å². The van der Waals surface area contributed by atoms with Crippen LogP contribution in [0.2, 0.25) is 0 Å². The Bertz CT molecular complexity index is 1240. The lowest BCUT2D eigenvalue weighted by Gasteiger charge is -2.32. The van der Waals surface area contributed by atoms with Crippen LogP contribution >= 0.6 is 10.6 Å². The Balaban J connectivity index is 1.71. The highest BCUT2D eigenvalue weighted by molar-refractivity contribution is 8.24. The Kier molecular flexibility index (Phi) is 6.47. The molecule has 1 atom stereocenters. The van der Waals surface area contributed by atoms with E-state index in [1.165, 1.54) is 0 Å². The number of nitrogens with two attached hydrogens (primary N) is 1. The molecular weight excluding hydrogens is 469 g/mol. The van der Waals surface area contributed by atoms with Crippen LogP contribution in [0.1, 0.15) is 17.5 Å². The lowest BCUT2D eigenvalue weighted by atomic mass is 10.1. The van der Waals surface area contributed by atoms with Gasteiger partial charge in [0.2, 0.25) is 5.91 Å². The molecule has 0 spiro atoms. The van der Waals surface area contributed by atoms with Gasteiger partial charge in [0.15, 0.2) is 0 Å². The number of pyridine rings is 1. The van der Waals surface area contributed by atoms with Gasteiger partial charge < -0.3 is 16.0 Å². The van der Waals surface area contributed by atoms with Crippen molar-refractivity contribution in [2.45, 2.75) is 37.0 Å². The summed E-state index contributed by atoms with van der Waals surface area (Å²) in [7, 11) is -2.98. The highest BCUT2D eigenvalue weighted by Crippen LogP contribution is 2.51. The largest absolute Gasteiger partial charge is 0.404 e. The molecule has 1 amide bonds. The SMILES string of the molecule is Cc1ccc2nc(N3CCS(O)(O)c4ccccc4C3)cc(NC(=O)CC(N)C(F)(F)F)c2c1. The molecule has 11 heteroatoms. The lowest BCUT2D eigenvalue weighted by molar-refractivity contribution is -0.153. The second kappa shape index (κ2) is 9.06. The van der Waals surface area contributed by atoms with Crippen molar-refractivity contribution >= 4 is 38.9 Å². The van der Waals surface area contributed by atoms with Crippen LogP contribution in [0.25, 0.3) is 10.9 Å². The average Bonchev–Trinajstić information content (AvgIpc) is 2.89. The standard InChI is InChI=1S/C23H25F3N4O3S/c1-14-6-7-17-16(10-14)18(29-22(31)12-20(27)23(24,25)26)11-21(28-17)30-8-9-34(32,33)19-5-3-2-4-15(19)13-30/h2-7,10-11,20,32-33H,8-9,12-13,27H2,1H3,(H,28,29,31). The van der Waals surface area contributed by atoms with Gasteiger partial charge in [-0.3, -0.25) is 13.9 Å². The Hall–Kier alpha value is -2.86. The topological polar surface area (TPSA) is 112 Å². The van der Waals surface area contributed by atoms with Crippen molar-refractivity contribution in [3.05, 3.63) is 59.7 Å². The highest BCUT2D eigenvalue weighted by Gasteiger charge is 2.38. The van der Waals surface area contributed by atoms with Crippen LogP contribution < -0.4 is 16.0 Å². The molecule has 0 radical (unpaired) electrons. The van der Waals surface area contributed by atoms with Crippen molar-refractivity contribution in [3.8, 4) is 0 Å². The van der Waals surface area contributed by atoms with Crippen LogP contribution in [0.5, 0.6) is 0 Å². The summed E-state index contributed by atoms with van der Waals surface area (Å²) < 4.78 is 59.7. The zero-order chi connectivity index (χ0) is 24.7. The number of nitrogens with one attached hydrogen (secondary N) is 1. The maximum atomic E-state index is 12.8. The van der Waals surface area contributed by atoms with Crippen molar-refractivity contribution < 1.29 is 27.1 Å². The van der Waals surface area contributed by atoms with Gasteiger partial charge in [0.05, 0.1) is 28.3 Å². The number of anilines is 2. The normalized spacial score (nSPS) is 17.6. The van der Waals surface area contributed by atoms with Crippen molar-refractivity contribution in [1.82, 2.24) is 4.98 Å². The molecule has 1 aromatic heterocycles. The van der Waals surface area contributed by atoms with E-state index < -0.39 is 35.1 Å². The molecule has 2 aromatic carbocycles. The zero-order valence-corrected chi connectivity index (χ0v) is 19.2. The van der Waals surface area contributed by atoms with E-state index in [-0.39, 0.29) is 12.3 Å². The van der Waals surface area contributed by atoms with Crippen LogP contribution in [0.4, 0.5) is 24.7 Å². The molecule has 5 N–H and O–H groups in total. The number of hydrogen-bond donors (Lipinski definition) is 4. The number of nitrogens with zero attached hydrogens (tertiary/aromatic N) is 2. The molecule has 182 valence electrons. The number of alkyl halides is 3.